The lowest BCUT2D eigenvalue weighted by Gasteiger charge is -2.32. The molecule has 0 radical (unpaired) electrons. The van der Waals surface area contributed by atoms with Gasteiger partial charge >= 0.3 is 0 Å². The molecule has 0 saturated carbocycles. The lowest BCUT2D eigenvalue weighted by atomic mass is 10.0. The Morgan fingerprint density at radius 3 is 2.38 bits per heavy atom. The van der Waals surface area contributed by atoms with Crippen molar-refractivity contribution in [1.29, 1.82) is 0 Å². The summed E-state index contributed by atoms with van der Waals surface area (Å²) in [6.45, 7) is 1.07. The summed E-state index contributed by atoms with van der Waals surface area (Å²) in [5.41, 5.74) is 0.776. The second kappa shape index (κ2) is 6.53. The van der Waals surface area contributed by atoms with Gasteiger partial charge in [0, 0.05) is 19.1 Å². The van der Waals surface area contributed by atoms with Crippen LogP contribution in [0.3, 0.4) is 0 Å². The second-order valence-corrected chi connectivity index (χ2v) is 7.13. The molecule has 0 spiro atoms. The Balaban J connectivity index is 1.84. The van der Waals surface area contributed by atoms with Gasteiger partial charge in [0.1, 0.15) is 5.82 Å². The van der Waals surface area contributed by atoms with Crippen molar-refractivity contribution in [2.45, 2.75) is 25.3 Å². The summed E-state index contributed by atoms with van der Waals surface area (Å²) < 4.78 is 37.7. The molecule has 1 saturated heterocycles. The fraction of sp³-hybridized carbons (Fsp3) is 0.500. The van der Waals surface area contributed by atoms with Gasteiger partial charge in [-0.05, 0) is 30.5 Å². The quantitative estimate of drug-likeness (QED) is 0.898. The van der Waals surface area contributed by atoms with Gasteiger partial charge < -0.3 is 4.90 Å². The standard InChI is InChI=1S/C14H19FN2O3S/c1-21(19,20)16-13-6-8-17(9-7-13)14(18)10-11-2-4-12(15)5-3-11/h2-5,13,16H,6-10H2,1H3. The van der Waals surface area contributed by atoms with E-state index < -0.39 is 10.0 Å². The molecule has 2 rings (SSSR count). The van der Waals surface area contributed by atoms with Crippen LogP contribution in [0.25, 0.3) is 0 Å². The summed E-state index contributed by atoms with van der Waals surface area (Å²) in [5.74, 6) is -0.335. The molecule has 116 valence electrons. The first kappa shape index (κ1) is 15.9. The number of nitrogens with one attached hydrogen (secondary N) is 1. The molecular formula is C14H19FN2O3S. The third-order valence-electron chi connectivity index (χ3n) is 3.50. The van der Waals surface area contributed by atoms with E-state index in [0.29, 0.717) is 25.9 Å². The third kappa shape index (κ3) is 5.09. The molecule has 1 N–H and O–H groups in total. The molecule has 0 bridgehead atoms. The predicted octanol–water partition coefficient (Wildman–Crippen LogP) is 0.908. The highest BCUT2D eigenvalue weighted by molar-refractivity contribution is 7.88. The Bertz CT molecular complexity index is 593. The van der Waals surface area contributed by atoms with E-state index in [4.69, 9.17) is 0 Å². The summed E-state index contributed by atoms with van der Waals surface area (Å²) in [5, 5.41) is 0. The smallest absolute Gasteiger partial charge is 0.226 e. The van der Waals surface area contributed by atoms with E-state index in [1.165, 1.54) is 12.1 Å². The Kier molecular flexibility index (Phi) is 4.95. The average Bonchev–Trinajstić information content (AvgIpc) is 2.40. The van der Waals surface area contributed by atoms with Crippen LogP contribution in [-0.2, 0) is 21.2 Å². The molecule has 1 heterocycles. The maximum Gasteiger partial charge on any atom is 0.226 e. The third-order valence-corrected chi connectivity index (χ3v) is 4.26. The van der Waals surface area contributed by atoms with Crippen LogP contribution >= 0.6 is 0 Å². The molecule has 0 aliphatic carbocycles. The molecule has 1 aromatic carbocycles. The van der Waals surface area contributed by atoms with Crippen LogP contribution in [0.5, 0.6) is 0 Å². The molecule has 0 atom stereocenters. The summed E-state index contributed by atoms with van der Waals surface area (Å²) in [6, 6.07) is 5.78. The topological polar surface area (TPSA) is 66.5 Å². The fourth-order valence-corrected chi connectivity index (χ4v) is 3.28. The van der Waals surface area contributed by atoms with Gasteiger partial charge in [-0.15, -0.1) is 0 Å². The molecule has 5 nitrogen and oxygen atoms in total. The van der Waals surface area contributed by atoms with Crippen molar-refractivity contribution in [3.63, 3.8) is 0 Å². The molecule has 1 amide bonds. The Hall–Kier alpha value is -1.47. The number of rotatable bonds is 4. The first-order valence-corrected chi connectivity index (χ1v) is 8.72. The van der Waals surface area contributed by atoms with E-state index in [9.17, 15) is 17.6 Å². The first-order valence-electron chi connectivity index (χ1n) is 6.83. The van der Waals surface area contributed by atoms with E-state index in [2.05, 4.69) is 4.72 Å². The van der Waals surface area contributed by atoms with Gasteiger partial charge in [0.05, 0.1) is 12.7 Å². The zero-order chi connectivity index (χ0) is 15.5. The normalized spacial score (nSPS) is 17.0. The highest BCUT2D eigenvalue weighted by Crippen LogP contribution is 2.13. The molecule has 21 heavy (non-hydrogen) atoms. The van der Waals surface area contributed by atoms with Crippen molar-refractivity contribution in [2.75, 3.05) is 19.3 Å². The van der Waals surface area contributed by atoms with Crippen LogP contribution < -0.4 is 4.72 Å². The fourth-order valence-electron chi connectivity index (χ4n) is 2.44. The van der Waals surface area contributed by atoms with Crippen molar-refractivity contribution < 1.29 is 17.6 Å². The maximum atomic E-state index is 12.8. The van der Waals surface area contributed by atoms with Gasteiger partial charge in [-0.3, -0.25) is 4.79 Å². The first-order chi connectivity index (χ1) is 9.83. The predicted molar refractivity (Wildman–Crippen MR) is 77.7 cm³/mol. The lowest BCUT2D eigenvalue weighted by Crippen LogP contribution is -2.46. The van der Waals surface area contributed by atoms with Crippen LogP contribution in [0.1, 0.15) is 18.4 Å². The molecule has 1 fully saturated rings. The van der Waals surface area contributed by atoms with E-state index in [1.807, 2.05) is 0 Å². The Morgan fingerprint density at radius 1 is 1.29 bits per heavy atom. The van der Waals surface area contributed by atoms with E-state index in [0.717, 1.165) is 11.8 Å². The van der Waals surface area contributed by atoms with Crippen LogP contribution in [-0.4, -0.2) is 44.6 Å². The molecule has 7 heteroatoms. The molecule has 0 aromatic heterocycles. The van der Waals surface area contributed by atoms with E-state index in [-0.39, 0.29) is 24.2 Å². The van der Waals surface area contributed by atoms with Gasteiger partial charge in [0.2, 0.25) is 15.9 Å². The Morgan fingerprint density at radius 2 is 1.86 bits per heavy atom. The second-order valence-electron chi connectivity index (χ2n) is 5.35. The maximum absolute atomic E-state index is 12.8. The summed E-state index contributed by atoms with van der Waals surface area (Å²) in [4.78, 5) is 13.9. The highest BCUT2D eigenvalue weighted by Gasteiger charge is 2.24. The van der Waals surface area contributed by atoms with Crippen molar-refractivity contribution >= 4 is 15.9 Å². The lowest BCUT2D eigenvalue weighted by molar-refractivity contribution is -0.131. The number of carbonyl (C=O) groups excluding carboxylic acids is 1. The average molecular weight is 314 g/mol. The molecule has 0 unspecified atom stereocenters. The summed E-state index contributed by atoms with van der Waals surface area (Å²) in [7, 11) is -3.20. The molecular weight excluding hydrogens is 295 g/mol. The van der Waals surface area contributed by atoms with E-state index in [1.54, 1.807) is 17.0 Å². The van der Waals surface area contributed by atoms with Crippen molar-refractivity contribution in [2.24, 2.45) is 0 Å². The van der Waals surface area contributed by atoms with Crippen LogP contribution in [0.15, 0.2) is 24.3 Å². The van der Waals surface area contributed by atoms with Gasteiger partial charge in [0.15, 0.2) is 0 Å². The number of likely N-dealkylation sites (tertiary alicyclic amines) is 1. The number of benzene rings is 1. The Labute approximate surface area is 124 Å². The summed E-state index contributed by atoms with van der Waals surface area (Å²) >= 11 is 0. The van der Waals surface area contributed by atoms with Crippen molar-refractivity contribution in [1.82, 2.24) is 9.62 Å². The monoisotopic (exact) mass is 314 g/mol. The number of piperidine rings is 1. The minimum Gasteiger partial charge on any atom is -0.342 e. The molecule has 1 aliphatic rings. The summed E-state index contributed by atoms with van der Waals surface area (Å²) in [6.07, 6.45) is 2.61. The highest BCUT2D eigenvalue weighted by atomic mass is 32.2. The van der Waals surface area contributed by atoms with Gasteiger partial charge in [-0.1, -0.05) is 12.1 Å². The number of sulfonamides is 1. The molecule has 1 aliphatic heterocycles. The minimum absolute atomic E-state index is 0.0144. The number of hydrogen-bond donors (Lipinski definition) is 1. The van der Waals surface area contributed by atoms with Crippen LogP contribution in [0.4, 0.5) is 4.39 Å². The van der Waals surface area contributed by atoms with Gasteiger partial charge in [-0.25, -0.2) is 17.5 Å². The number of hydrogen-bond acceptors (Lipinski definition) is 3. The molecule has 1 aromatic rings. The minimum atomic E-state index is -3.20. The largest absolute Gasteiger partial charge is 0.342 e. The van der Waals surface area contributed by atoms with E-state index >= 15 is 0 Å². The zero-order valence-corrected chi connectivity index (χ0v) is 12.7. The van der Waals surface area contributed by atoms with Crippen LogP contribution in [0, 0.1) is 5.82 Å². The van der Waals surface area contributed by atoms with Gasteiger partial charge in [0.25, 0.3) is 0 Å². The zero-order valence-electron chi connectivity index (χ0n) is 11.9. The number of nitrogens with zero attached hydrogens (tertiary/aromatic N) is 1. The number of halogens is 1. The van der Waals surface area contributed by atoms with Crippen molar-refractivity contribution in [3.05, 3.63) is 35.6 Å². The number of amides is 1. The van der Waals surface area contributed by atoms with Crippen LogP contribution in [0.2, 0.25) is 0 Å². The number of carbonyl (C=O) groups is 1. The SMILES string of the molecule is CS(=O)(=O)NC1CCN(C(=O)Cc2ccc(F)cc2)CC1. The van der Waals surface area contributed by atoms with Gasteiger partial charge in [-0.2, -0.15) is 0 Å². The van der Waals surface area contributed by atoms with Crippen molar-refractivity contribution in [3.8, 4) is 0 Å².